The smallest absolute Gasteiger partial charge is 0.290 e. The van der Waals surface area contributed by atoms with Crippen molar-refractivity contribution >= 4 is 12.9 Å². The van der Waals surface area contributed by atoms with Crippen LogP contribution >= 0.6 is 0 Å². The van der Waals surface area contributed by atoms with E-state index < -0.39 is 0 Å². The summed E-state index contributed by atoms with van der Waals surface area (Å²) >= 11 is 0. The van der Waals surface area contributed by atoms with E-state index >= 15 is 0 Å². The maximum Gasteiger partial charge on any atom is 0.290 e. The molecule has 2 N–H and O–H groups in total. The fraction of sp³-hybridized carbons (Fsp3) is 0.750. The molecule has 1 aliphatic rings. The van der Waals surface area contributed by atoms with Crippen molar-refractivity contribution in [3.8, 4) is 0 Å². The van der Waals surface area contributed by atoms with Crippen LogP contribution in [-0.2, 0) is 9.59 Å². The molecule has 0 aromatic heterocycles. The fourth-order valence-corrected chi connectivity index (χ4v) is 1.06. The Morgan fingerprint density at radius 3 is 0.833 bits per heavy atom. The molecule has 0 aromatic rings. The molecule has 12 heavy (non-hydrogen) atoms. The SMILES string of the molecule is C1CCCCC1.O=CO.O=CO. The summed E-state index contributed by atoms with van der Waals surface area (Å²) in [6.07, 6.45) is 9.00. The summed E-state index contributed by atoms with van der Waals surface area (Å²) in [6, 6.07) is 0. The predicted octanol–water partition coefficient (Wildman–Crippen LogP) is 1.74. The lowest BCUT2D eigenvalue weighted by molar-refractivity contribution is -0.123. The second-order valence-electron chi connectivity index (χ2n) is 2.33. The molecule has 0 radical (unpaired) electrons. The van der Waals surface area contributed by atoms with Crippen LogP contribution in [0.1, 0.15) is 38.5 Å². The van der Waals surface area contributed by atoms with Gasteiger partial charge in [0.1, 0.15) is 0 Å². The molecule has 0 saturated heterocycles. The zero-order valence-electron chi connectivity index (χ0n) is 7.11. The van der Waals surface area contributed by atoms with E-state index in [1.54, 1.807) is 0 Å². The minimum Gasteiger partial charge on any atom is -0.483 e. The van der Waals surface area contributed by atoms with E-state index in [2.05, 4.69) is 0 Å². The molecule has 1 fully saturated rings. The predicted molar refractivity (Wildman–Crippen MR) is 45.1 cm³/mol. The Bertz CT molecular complexity index is 71.5. The lowest BCUT2D eigenvalue weighted by Gasteiger charge is -2.05. The Balaban J connectivity index is 0. The average Bonchev–Trinajstić information content (AvgIpc) is 2.10. The second-order valence-corrected chi connectivity index (χ2v) is 2.33. The first-order chi connectivity index (χ1) is 5.83. The number of carboxylic acid groups (broad SMARTS) is 2. The first kappa shape index (κ1) is 13.5. The van der Waals surface area contributed by atoms with Gasteiger partial charge in [0, 0.05) is 0 Å². The van der Waals surface area contributed by atoms with E-state index in [0.717, 1.165) is 0 Å². The highest BCUT2D eigenvalue weighted by Crippen LogP contribution is 2.15. The van der Waals surface area contributed by atoms with Crippen molar-refractivity contribution in [3.63, 3.8) is 0 Å². The van der Waals surface area contributed by atoms with Crippen molar-refractivity contribution in [2.45, 2.75) is 38.5 Å². The third-order valence-corrected chi connectivity index (χ3v) is 1.50. The van der Waals surface area contributed by atoms with Crippen LogP contribution < -0.4 is 0 Å². The van der Waals surface area contributed by atoms with Gasteiger partial charge >= 0.3 is 0 Å². The Kier molecular flexibility index (Phi) is 18.6. The van der Waals surface area contributed by atoms with Crippen molar-refractivity contribution in [2.24, 2.45) is 0 Å². The van der Waals surface area contributed by atoms with E-state index in [9.17, 15) is 0 Å². The molecule has 0 unspecified atom stereocenters. The van der Waals surface area contributed by atoms with Gasteiger partial charge in [0.25, 0.3) is 12.9 Å². The van der Waals surface area contributed by atoms with Gasteiger partial charge in [-0.25, -0.2) is 0 Å². The lowest BCUT2D eigenvalue weighted by atomic mass is 10.0. The van der Waals surface area contributed by atoms with Gasteiger partial charge in [-0.05, 0) is 0 Å². The number of rotatable bonds is 0. The van der Waals surface area contributed by atoms with Gasteiger partial charge in [0.05, 0.1) is 0 Å². The van der Waals surface area contributed by atoms with E-state index in [4.69, 9.17) is 19.8 Å². The van der Waals surface area contributed by atoms with Crippen LogP contribution in [0.4, 0.5) is 0 Å². The van der Waals surface area contributed by atoms with Crippen LogP contribution in [0.15, 0.2) is 0 Å². The molecule has 72 valence electrons. The maximum atomic E-state index is 8.36. The van der Waals surface area contributed by atoms with Crippen LogP contribution in [0.5, 0.6) is 0 Å². The van der Waals surface area contributed by atoms with E-state index in [-0.39, 0.29) is 12.9 Å². The third kappa shape index (κ3) is 23.1. The maximum absolute atomic E-state index is 8.36. The zero-order chi connectivity index (χ0) is 9.66. The molecule has 1 rings (SSSR count). The fourth-order valence-electron chi connectivity index (χ4n) is 1.06. The molecule has 0 atom stereocenters. The van der Waals surface area contributed by atoms with Crippen molar-refractivity contribution in [1.29, 1.82) is 0 Å². The van der Waals surface area contributed by atoms with E-state index in [1.807, 2.05) is 0 Å². The quantitative estimate of drug-likeness (QED) is 0.551. The number of hydrogen-bond donors (Lipinski definition) is 2. The second kappa shape index (κ2) is 16.5. The summed E-state index contributed by atoms with van der Waals surface area (Å²) in [5.41, 5.74) is 0. The summed E-state index contributed by atoms with van der Waals surface area (Å²) in [5, 5.41) is 13.8. The summed E-state index contributed by atoms with van der Waals surface area (Å²) in [4.78, 5) is 16.7. The van der Waals surface area contributed by atoms with Crippen LogP contribution in [0.25, 0.3) is 0 Å². The number of hydrogen-bond acceptors (Lipinski definition) is 2. The highest BCUT2D eigenvalue weighted by Gasteiger charge is 1.95. The van der Waals surface area contributed by atoms with Gasteiger partial charge in [0.2, 0.25) is 0 Å². The molecule has 0 bridgehead atoms. The Morgan fingerprint density at radius 2 is 0.750 bits per heavy atom. The van der Waals surface area contributed by atoms with Gasteiger partial charge in [-0.15, -0.1) is 0 Å². The van der Waals surface area contributed by atoms with Crippen molar-refractivity contribution < 1.29 is 19.8 Å². The van der Waals surface area contributed by atoms with Gasteiger partial charge in [-0.1, -0.05) is 38.5 Å². The van der Waals surface area contributed by atoms with E-state index in [0.29, 0.717) is 0 Å². The highest BCUT2D eigenvalue weighted by molar-refractivity contribution is 5.32. The minimum absolute atomic E-state index is 0.250. The van der Waals surface area contributed by atoms with Crippen LogP contribution in [0.3, 0.4) is 0 Å². The Hall–Kier alpha value is -1.06. The van der Waals surface area contributed by atoms with Gasteiger partial charge < -0.3 is 10.2 Å². The lowest BCUT2D eigenvalue weighted by Crippen LogP contribution is -1.85. The monoisotopic (exact) mass is 176 g/mol. The molecule has 0 aromatic carbocycles. The molecular weight excluding hydrogens is 160 g/mol. The molecule has 0 spiro atoms. The first-order valence-electron chi connectivity index (χ1n) is 3.99. The Labute approximate surface area is 72.2 Å². The average molecular weight is 176 g/mol. The standard InChI is InChI=1S/C6H12.2CH2O2/c1-2-4-6-5-3-1;2*2-1-3/h1-6H2;2*1H,(H,2,3). The molecule has 1 saturated carbocycles. The van der Waals surface area contributed by atoms with Crippen LogP contribution in [0, 0.1) is 0 Å². The highest BCUT2D eigenvalue weighted by atomic mass is 16.3. The summed E-state index contributed by atoms with van der Waals surface area (Å²) in [6.45, 7) is -0.500. The molecular formula is C8H16O4. The van der Waals surface area contributed by atoms with Gasteiger partial charge in [0.15, 0.2) is 0 Å². The summed E-state index contributed by atoms with van der Waals surface area (Å²) in [7, 11) is 0. The molecule has 1 aliphatic carbocycles. The molecule has 4 heteroatoms. The molecule has 0 heterocycles. The number of carbonyl (C=O) groups is 2. The summed E-state index contributed by atoms with van der Waals surface area (Å²) < 4.78 is 0. The summed E-state index contributed by atoms with van der Waals surface area (Å²) in [5.74, 6) is 0. The largest absolute Gasteiger partial charge is 0.483 e. The minimum atomic E-state index is -0.250. The molecule has 0 amide bonds. The van der Waals surface area contributed by atoms with Crippen molar-refractivity contribution in [1.82, 2.24) is 0 Å². The normalized spacial score (nSPS) is 14.0. The van der Waals surface area contributed by atoms with Crippen molar-refractivity contribution in [3.05, 3.63) is 0 Å². The Morgan fingerprint density at radius 1 is 0.667 bits per heavy atom. The van der Waals surface area contributed by atoms with Crippen molar-refractivity contribution in [2.75, 3.05) is 0 Å². The third-order valence-electron chi connectivity index (χ3n) is 1.50. The zero-order valence-corrected chi connectivity index (χ0v) is 7.11. The van der Waals surface area contributed by atoms with Gasteiger partial charge in [-0.2, -0.15) is 0 Å². The van der Waals surface area contributed by atoms with E-state index in [1.165, 1.54) is 38.5 Å². The first-order valence-corrected chi connectivity index (χ1v) is 3.99. The topological polar surface area (TPSA) is 74.6 Å². The van der Waals surface area contributed by atoms with Crippen LogP contribution in [0.2, 0.25) is 0 Å². The van der Waals surface area contributed by atoms with Crippen LogP contribution in [-0.4, -0.2) is 23.2 Å². The molecule has 0 aliphatic heterocycles. The van der Waals surface area contributed by atoms with Gasteiger partial charge in [-0.3, -0.25) is 9.59 Å². The molecule has 4 nitrogen and oxygen atoms in total.